The van der Waals surface area contributed by atoms with Crippen LogP contribution in [-0.4, -0.2) is 42.7 Å². The standard InChI is InChI=1S/C17H25FN2O/c1-11(2)16-8-19-12(3)9-20(16)10-15-7-13-6-14(18)4-5-17(13)21-15/h4-6,11-12,15-16,19H,7-10H2,1-3H3. The van der Waals surface area contributed by atoms with Crippen molar-refractivity contribution in [3.8, 4) is 5.75 Å². The molecule has 3 atom stereocenters. The van der Waals surface area contributed by atoms with Gasteiger partial charge in [-0.3, -0.25) is 4.90 Å². The van der Waals surface area contributed by atoms with Crippen LogP contribution in [0.2, 0.25) is 0 Å². The number of nitrogens with one attached hydrogen (secondary N) is 1. The van der Waals surface area contributed by atoms with E-state index in [1.807, 2.05) is 0 Å². The molecule has 21 heavy (non-hydrogen) atoms. The molecule has 1 saturated heterocycles. The quantitative estimate of drug-likeness (QED) is 0.926. The Morgan fingerprint density at radius 1 is 1.43 bits per heavy atom. The van der Waals surface area contributed by atoms with Gasteiger partial charge in [0.2, 0.25) is 0 Å². The number of hydrogen-bond donors (Lipinski definition) is 1. The third-order valence-electron chi connectivity index (χ3n) is 4.62. The summed E-state index contributed by atoms with van der Waals surface area (Å²) in [5.41, 5.74) is 1.00. The zero-order chi connectivity index (χ0) is 15.0. The zero-order valence-corrected chi connectivity index (χ0v) is 13.1. The first-order valence-electron chi connectivity index (χ1n) is 7.95. The van der Waals surface area contributed by atoms with E-state index in [0.717, 1.165) is 37.4 Å². The molecule has 3 nitrogen and oxygen atoms in total. The van der Waals surface area contributed by atoms with E-state index in [-0.39, 0.29) is 11.9 Å². The summed E-state index contributed by atoms with van der Waals surface area (Å²) in [4.78, 5) is 2.54. The Kier molecular flexibility index (Phi) is 4.18. The maximum Gasteiger partial charge on any atom is 0.123 e. The van der Waals surface area contributed by atoms with Gasteiger partial charge in [0.15, 0.2) is 0 Å². The third-order valence-corrected chi connectivity index (χ3v) is 4.62. The van der Waals surface area contributed by atoms with Crippen LogP contribution in [0.15, 0.2) is 18.2 Å². The summed E-state index contributed by atoms with van der Waals surface area (Å²) in [6.45, 7) is 9.78. The average Bonchev–Trinajstić information content (AvgIpc) is 2.79. The van der Waals surface area contributed by atoms with Gasteiger partial charge < -0.3 is 10.1 Å². The Labute approximate surface area is 126 Å². The van der Waals surface area contributed by atoms with E-state index < -0.39 is 0 Å². The van der Waals surface area contributed by atoms with Crippen LogP contribution in [0.3, 0.4) is 0 Å². The molecule has 0 bridgehead atoms. The van der Waals surface area contributed by atoms with Crippen molar-refractivity contribution in [3.63, 3.8) is 0 Å². The van der Waals surface area contributed by atoms with Crippen LogP contribution in [0.25, 0.3) is 0 Å². The van der Waals surface area contributed by atoms with Crippen LogP contribution in [0, 0.1) is 11.7 Å². The molecular weight excluding hydrogens is 267 g/mol. The first-order valence-corrected chi connectivity index (χ1v) is 7.95. The van der Waals surface area contributed by atoms with Gasteiger partial charge in [-0.05, 0) is 31.0 Å². The molecule has 1 fully saturated rings. The highest BCUT2D eigenvalue weighted by molar-refractivity contribution is 5.38. The molecule has 0 amide bonds. The van der Waals surface area contributed by atoms with Gasteiger partial charge in [-0.15, -0.1) is 0 Å². The lowest BCUT2D eigenvalue weighted by Crippen LogP contribution is -2.59. The molecule has 1 aromatic carbocycles. The van der Waals surface area contributed by atoms with Crippen molar-refractivity contribution in [2.45, 2.75) is 45.4 Å². The Morgan fingerprint density at radius 2 is 2.24 bits per heavy atom. The van der Waals surface area contributed by atoms with Gasteiger partial charge in [0.05, 0.1) is 0 Å². The van der Waals surface area contributed by atoms with Gasteiger partial charge in [0, 0.05) is 43.7 Å². The van der Waals surface area contributed by atoms with Crippen molar-refractivity contribution < 1.29 is 9.13 Å². The molecule has 2 aliphatic rings. The molecular formula is C17H25FN2O. The van der Waals surface area contributed by atoms with Crippen molar-refractivity contribution >= 4 is 0 Å². The number of piperazine rings is 1. The topological polar surface area (TPSA) is 24.5 Å². The Hall–Kier alpha value is -1.13. The number of ether oxygens (including phenoxy) is 1. The molecule has 0 spiro atoms. The van der Waals surface area contributed by atoms with Crippen molar-refractivity contribution in [3.05, 3.63) is 29.6 Å². The first kappa shape index (κ1) is 14.8. The molecule has 0 aromatic heterocycles. The normalized spacial score (nSPS) is 29.5. The predicted octanol–water partition coefficient (Wildman–Crippen LogP) is 2.45. The lowest BCUT2D eigenvalue weighted by Gasteiger charge is -2.42. The molecule has 0 saturated carbocycles. The smallest absolute Gasteiger partial charge is 0.123 e. The second-order valence-corrected chi connectivity index (χ2v) is 6.77. The summed E-state index contributed by atoms with van der Waals surface area (Å²) < 4.78 is 19.3. The van der Waals surface area contributed by atoms with Crippen molar-refractivity contribution in [2.24, 2.45) is 5.92 Å². The maximum atomic E-state index is 13.3. The van der Waals surface area contributed by atoms with E-state index in [0.29, 0.717) is 18.0 Å². The largest absolute Gasteiger partial charge is 0.488 e. The van der Waals surface area contributed by atoms with E-state index in [9.17, 15) is 4.39 Å². The zero-order valence-electron chi connectivity index (χ0n) is 13.1. The van der Waals surface area contributed by atoms with Gasteiger partial charge >= 0.3 is 0 Å². The number of fused-ring (bicyclic) bond motifs is 1. The fourth-order valence-electron chi connectivity index (χ4n) is 3.52. The SMILES string of the molecule is CC1CN(CC2Cc3cc(F)ccc3O2)C(C(C)C)CN1. The van der Waals surface area contributed by atoms with Crippen LogP contribution < -0.4 is 10.1 Å². The molecule has 2 heterocycles. The predicted molar refractivity (Wildman–Crippen MR) is 82.2 cm³/mol. The number of halogens is 1. The highest BCUT2D eigenvalue weighted by Crippen LogP contribution is 2.30. The summed E-state index contributed by atoms with van der Waals surface area (Å²) in [7, 11) is 0. The average molecular weight is 292 g/mol. The maximum absolute atomic E-state index is 13.3. The Bertz CT molecular complexity index is 506. The van der Waals surface area contributed by atoms with E-state index in [1.54, 1.807) is 12.1 Å². The molecule has 2 aliphatic heterocycles. The summed E-state index contributed by atoms with van der Waals surface area (Å²) in [5, 5.41) is 3.56. The second-order valence-electron chi connectivity index (χ2n) is 6.77. The minimum Gasteiger partial charge on any atom is -0.488 e. The minimum atomic E-state index is -0.172. The summed E-state index contributed by atoms with van der Waals surface area (Å²) in [6, 6.07) is 5.90. The van der Waals surface area contributed by atoms with Gasteiger partial charge in [0.25, 0.3) is 0 Å². The third kappa shape index (κ3) is 3.22. The van der Waals surface area contributed by atoms with Gasteiger partial charge in [-0.2, -0.15) is 0 Å². The fraction of sp³-hybridized carbons (Fsp3) is 0.647. The molecule has 4 heteroatoms. The van der Waals surface area contributed by atoms with Gasteiger partial charge in [-0.1, -0.05) is 13.8 Å². The fourth-order valence-corrected chi connectivity index (χ4v) is 3.52. The molecule has 0 aliphatic carbocycles. The van der Waals surface area contributed by atoms with Crippen molar-refractivity contribution in [1.82, 2.24) is 10.2 Å². The number of hydrogen-bond acceptors (Lipinski definition) is 3. The van der Waals surface area contributed by atoms with E-state index >= 15 is 0 Å². The molecule has 1 aromatic rings. The van der Waals surface area contributed by atoms with Crippen LogP contribution in [0.4, 0.5) is 4.39 Å². The van der Waals surface area contributed by atoms with Gasteiger partial charge in [0.1, 0.15) is 17.7 Å². The van der Waals surface area contributed by atoms with Crippen molar-refractivity contribution in [1.29, 1.82) is 0 Å². The summed E-state index contributed by atoms with van der Waals surface area (Å²) in [6.07, 6.45) is 0.962. The molecule has 3 unspecified atom stereocenters. The van der Waals surface area contributed by atoms with Crippen LogP contribution in [0.5, 0.6) is 5.75 Å². The lowest BCUT2D eigenvalue weighted by atomic mass is 9.98. The molecule has 0 radical (unpaired) electrons. The summed E-state index contributed by atoms with van der Waals surface area (Å²) in [5.74, 6) is 1.30. The second kappa shape index (κ2) is 5.93. The molecule has 3 rings (SSSR count). The van der Waals surface area contributed by atoms with E-state index in [1.165, 1.54) is 6.07 Å². The number of rotatable bonds is 3. The van der Waals surface area contributed by atoms with E-state index in [4.69, 9.17) is 4.74 Å². The highest BCUT2D eigenvalue weighted by atomic mass is 19.1. The summed E-state index contributed by atoms with van der Waals surface area (Å²) >= 11 is 0. The van der Waals surface area contributed by atoms with Gasteiger partial charge in [-0.25, -0.2) is 4.39 Å². The van der Waals surface area contributed by atoms with Crippen LogP contribution in [0.1, 0.15) is 26.3 Å². The lowest BCUT2D eigenvalue weighted by molar-refractivity contribution is 0.0624. The van der Waals surface area contributed by atoms with Crippen LogP contribution in [-0.2, 0) is 6.42 Å². The van der Waals surface area contributed by atoms with Crippen LogP contribution >= 0.6 is 0 Å². The molecule has 1 N–H and O–H groups in total. The highest BCUT2D eigenvalue weighted by Gasteiger charge is 2.32. The van der Waals surface area contributed by atoms with Crippen molar-refractivity contribution in [2.75, 3.05) is 19.6 Å². The Balaban J connectivity index is 1.66. The number of nitrogens with zero attached hydrogens (tertiary/aromatic N) is 1. The minimum absolute atomic E-state index is 0.147. The molecule has 116 valence electrons. The number of benzene rings is 1. The van der Waals surface area contributed by atoms with E-state index in [2.05, 4.69) is 31.0 Å². The monoisotopic (exact) mass is 292 g/mol. The Morgan fingerprint density at radius 3 is 3.00 bits per heavy atom. The first-order chi connectivity index (χ1) is 10.0.